The van der Waals surface area contributed by atoms with Crippen molar-refractivity contribution >= 4 is 5.97 Å². The molecule has 0 spiro atoms. The van der Waals surface area contributed by atoms with Crippen LogP contribution in [0.1, 0.15) is 36.5 Å². The van der Waals surface area contributed by atoms with Gasteiger partial charge in [0.25, 0.3) is 0 Å². The molecule has 1 rings (SSSR count). The summed E-state index contributed by atoms with van der Waals surface area (Å²) in [6.07, 6.45) is -8.22. The Morgan fingerprint density at radius 3 is 2.39 bits per heavy atom. The van der Waals surface area contributed by atoms with Crippen LogP contribution < -0.4 is 0 Å². The minimum atomic E-state index is -4.68. The highest BCUT2D eigenvalue weighted by molar-refractivity contribution is 5.89. The first kappa shape index (κ1) is 19.4. The Hall–Kier alpha value is -1.60. The van der Waals surface area contributed by atoms with E-state index >= 15 is 0 Å². The number of hydrogen-bond acceptors (Lipinski definition) is 4. The first-order valence-corrected chi connectivity index (χ1v) is 7.43. The first-order valence-electron chi connectivity index (χ1n) is 7.43. The van der Waals surface area contributed by atoms with Gasteiger partial charge < -0.3 is 14.6 Å². The average Bonchev–Trinajstić information content (AvgIpc) is 2.51. The number of rotatable bonds is 9. The van der Waals surface area contributed by atoms with Crippen molar-refractivity contribution in [2.45, 2.75) is 44.6 Å². The van der Waals surface area contributed by atoms with Gasteiger partial charge in [0.15, 0.2) is 6.10 Å². The smallest absolute Gasteiger partial charge is 0.425 e. The molecule has 0 fully saturated rings. The maximum absolute atomic E-state index is 13.0. The average molecular weight is 334 g/mol. The molecule has 1 aromatic rings. The van der Waals surface area contributed by atoms with Crippen molar-refractivity contribution in [2.24, 2.45) is 0 Å². The quantitative estimate of drug-likeness (QED) is 0.556. The summed E-state index contributed by atoms with van der Waals surface area (Å²) in [5.74, 6) is -1.03. The Morgan fingerprint density at radius 1 is 1.17 bits per heavy atom. The molecule has 0 aliphatic heterocycles. The van der Waals surface area contributed by atoms with Gasteiger partial charge in [0.1, 0.15) is 0 Å². The van der Waals surface area contributed by atoms with Crippen LogP contribution in [0.15, 0.2) is 30.3 Å². The van der Waals surface area contributed by atoms with Crippen molar-refractivity contribution in [1.29, 1.82) is 0 Å². The van der Waals surface area contributed by atoms with Gasteiger partial charge in [-0.05, 0) is 38.3 Å². The third kappa shape index (κ3) is 7.47. The molecule has 0 bridgehead atoms. The molecule has 0 heterocycles. The lowest BCUT2D eigenvalue weighted by Gasteiger charge is -2.22. The van der Waals surface area contributed by atoms with Crippen LogP contribution in [0.2, 0.25) is 0 Å². The lowest BCUT2D eigenvalue weighted by Crippen LogP contribution is -2.34. The fourth-order valence-electron chi connectivity index (χ4n) is 1.91. The second-order valence-corrected chi connectivity index (χ2v) is 5.02. The summed E-state index contributed by atoms with van der Waals surface area (Å²) in [4.78, 5) is 11.8. The molecule has 0 aliphatic carbocycles. The molecule has 130 valence electrons. The molecule has 0 amide bonds. The third-order valence-corrected chi connectivity index (χ3v) is 3.19. The summed E-state index contributed by atoms with van der Waals surface area (Å²) < 4.78 is 48.5. The molecule has 2 atom stereocenters. The van der Waals surface area contributed by atoms with Crippen molar-refractivity contribution in [1.82, 2.24) is 0 Å². The lowest BCUT2D eigenvalue weighted by molar-refractivity contribution is -0.207. The SMILES string of the molecule is CCOCCC(O)CCC(OC(=O)c1ccccc1)C(F)(F)F. The normalized spacial score (nSPS) is 14.3. The Labute approximate surface area is 133 Å². The number of halogens is 3. The third-order valence-electron chi connectivity index (χ3n) is 3.19. The highest BCUT2D eigenvalue weighted by Gasteiger charge is 2.42. The van der Waals surface area contributed by atoms with Crippen molar-refractivity contribution in [3.63, 3.8) is 0 Å². The van der Waals surface area contributed by atoms with Crippen LogP contribution in [0.5, 0.6) is 0 Å². The standard InChI is InChI=1S/C16H21F3O4/c1-2-22-11-10-13(20)8-9-14(16(17,18)19)23-15(21)12-6-4-3-5-7-12/h3-7,13-14,20H,2,8-11H2,1H3. The molecule has 0 saturated carbocycles. The van der Waals surface area contributed by atoms with Gasteiger partial charge >= 0.3 is 12.1 Å². The van der Waals surface area contributed by atoms with Crippen LogP contribution in [0.4, 0.5) is 13.2 Å². The van der Waals surface area contributed by atoms with Gasteiger partial charge in [0.05, 0.1) is 11.7 Å². The molecule has 23 heavy (non-hydrogen) atoms. The zero-order valence-electron chi connectivity index (χ0n) is 12.9. The largest absolute Gasteiger partial charge is 0.449 e. The molecule has 0 aliphatic rings. The van der Waals surface area contributed by atoms with Crippen LogP contribution in [-0.2, 0) is 9.47 Å². The molecule has 2 unspecified atom stereocenters. The minimum absolute atomic E-state index is 0.0543. The van der Waals surface area contributed by atoms with E-state index in [1.165, 1.54) is 24.3 Å². The number of ether oxygens (including phenoxy) is 2. The minimum Gasteiger partial charge on any atom is -0.449 e. The van der Waals surface area contributed by atoms with Gasteiger partial charge in [-0.1, -0.05) is 18.2 Å². The number of carbonyl (C=O) groups is 1. The molecule has 7 heteroatoms. The van der Waals surface area contributed by atoms with Crippen LogP contribution in [0, 0.1) is 0 Å². The molecule has 0 aromatic heterocycles. The van der Waals surface area contributed by atoms with Crippen molar-refractivity contribution in [2.75, 3.05) is 13.2 Å². The molecule has 0 saturated heterocycles. The van der Waals surface area contributed by atoms with E-state index in [1.54, 1.807) is 13.0 Å². The Bertz CT molecular complexity index is 462. The number of hydrogen-bond donors (Lipinski definition) is 1. The molecule has 4 nitrogen and oxygen atoms in total. The number of alkyl halides is 3. The molecule has 1 N–H and O–H groups in total. The predicted octanol–water partition coefficient (Wildman–Crippen LogP) is 3.34. The van der Waals surface area contributed by atoms with Gasteiger partial charge in [-0.15, -0.1) is 0 Å². The Kier molecular flexibility index (Phi) is 8.05. The monoisotopic (exact) mass is 334 g/mol. The van der Waals surface area contributed by atoms with Crippen LogP contribution in [0.3, 0.4) is 0 Å². The van der Waals surface area contributed by atoms with E-state index in [0.29, 0.717) is 6.61 Å². The van der Waals surface area contributed by atoms with E-state index in [9.17, 15) is 23.1 Å². The lowest BCUT2D eigenvalue weighted by atomic mass is 10.1. The van der Waals surface area contributed by atoms with Crippen LogP contribution >= 0.6 is 0 Å². The number of carbonyl (C=O) groups excluding carboxylic acids is 1. The Balaban J connectivity index is 2.55. The predicted molar refractivity (Wildman–Crippen MR) is 78.1 cm³/mol. The van der Waals surface area contributed by atoms with Gasteiger partial charge in [-0.25, -0.2) is 4.79 Å². The number of benzene rings is 1. The summed E-state index contributed by atoms with van der Waals surface area (Å²) >= 11 is 0. The zero-order chi connectivity index (χ0) is 17.3. The fraction of sp³-hybridized carbons (Fsp3) is 0.562. The maximum Gasteiger partial charge on any atom is 0.425 e. The van der Waals surface area contributed by atoms with Gasteiger partial charge in [-0.2, -0.15) is 13.2 Å². The molecule has 0 radical (unpaired) electrons. The zero-order valence-corrected chi connectivity index (χ0v) is 12.9. The highest BCUT2D eigenvalue weighted by Crippen LogP contribution is 2.28. The summed E-state index contributed by atoms with van der Waals surface area (Å²) in [6, 6.07) is 7.49. The van der Waals surface area contributed by atoms with E-state index < -0.39 is 30.8 Å². The topological polar surface area (TPSA) is 55.8 Å². The number of aliphatic hydroxyl groups excluding tert-OH is 1. The summed E-state index contributed by atoms with van der Waals surface area (Å²) in [7, 11) is 0. The van der Waals surface area contributed by atoms with Crippen molar-refractivity contribution in [3.8, 4) is 0 Å². The van der Waals surface area contributed by atoms with E-state index in [4.69, 9.17) is 4.74 Å². The highest BCUT2D eigenvalue weighted by atomic mass is 19.4. The molecule has 1 aromatic carbocycles. The summed E-state index contributed by atoms with van der Waals surface area (Å²) in [6.45, 7) is 2.54. The number of aliphatic hydroxyl groups is 1. The fourth-order valence-corrected chi connectivity index (χ4v) is 1.91. The number of esters is 1. The van der Waals surface area contributed by atoms with E-state index in [2.05, 4.69) is 4.74 Å². The van der Waals surface area contributed by atoms with E-state index in [1.807, 2.05) is 0 Å². The summed E-state index contributed by atoms with van der Waals surface area (Å²) in [5, 5.41) is 9.65. The maximum atomic E-state index is 13.0. The second kappa shape index (κ2) is 9.52. The van der Waals surface area contributed by atoms with E-state index in [0.717, 1.165) is 0 Å². The van der Waals surface area contributed by atoms with Crippen LogP contribution in [0.25, 0.3) is 0 Å². The first-order chi connectivity index (χ1) is 10.8. The van der Waals surface area contributed by atoms with Crippen molar-refractivity contribution < 1.29 is 32.5 Å². The Morgan fingerprint density at radius 2 is 1.83 bits per heavy atom. The summed E-state index contributed by atoms with van der Waals surface area (Å²) in [5.41, 5.74) is 0.0543. The van der Waals surface area contributed by atoms with Crippen molar-refractivity contribution in [3.05, 3.63) is 35.9 Å². The second-order valence-electron chi connectivity index (χ2n) is 5.02. The van der Waals surface area contributed by atoms with Gasteiger partial charge in [0, 0.05) is 13.2 Å². The molecular formula is C16H21F3O4. The van der Waals surface area contributed by atoms with Crippen LogP contribution in [-0.4, -0.2) is 42.7 Å². The van der Waals surface area contributed by atoms with Gasteiger partial charge in [0.2, 0.25) is 0 Å². The van der Waals surface area contributed by atoms with Gasteiger partial charge in [-0.3, -0.25) is 0 Å². The van der Waals surface area contributed by atoms with E-state index in [-0.39, 0.29) is 25.0 Å². The molecular weight excluding hydrogens is 313 g/mol.